The minimum Gasteiger partial charge on any atom is -0.351 e. The average molecular weight is 413 g/mol. The number of aryl methyl sites for hydroxylation is 1. The lowest BCUT2D eigenvalue weighted by molar-refractivity contribution is -0.116. The summed E-state index contributed by atoms with van der Waals surface area (Å²) in [4.78, 5) is 22.6. The zero-order chi connectivity index (χ0) is 19.3. The fraction of sp³-hybridized carbons (Fsp3) is 0.333. The molecule has 7 heteroatoms. The lowest BCUT2D eigenvalue weighted by atomic mass is 10.2. The van der Waals surface area contributed by atoms with Crippen molar-refractivity contribution in [3.8, 4) is 0 Å². The third-order valence-corrected chi connectivity index (χ3v) is 6.76. The zero-order valence-electron chi connectivity index (χ0n) is 15.9. The number of hydrogen-bond acceptors (Lipinski definition) is 6. The molecular formula is C21H24N4OS2. The van der Waals surface area contributed by atoms with Crippen LogP contribution in [-0.2, 0) is 4.79 Å². The van der Waals surface area contributed by atoms with E-state index in [2.05, 4.69) is 40.2 Å². The third-order valence-electron chi connectivity index (χ3n) is 4.84. The molecular weight excluding hydrogens is 388 g/mol. The lowest BCUT2D eigenvalue weighted by Crippen LogP contribution is -2.48. The van der Waals surface area contributed by atoms with Crippen LogP contribution in [0.2, 0.25) is 0 Å². The molecule has 0 radical (unpaired) electrons. The molecule has 1 aliphatic heterocycles. The van der Waals surface area contributed by atoms with Gasteiger partial charge in [0.2, 0.25) is 5.91 Å². The van der Waals surface area contributed by atoms with E-state index >= 15 is 0 Å². The molecule has 0 unspecified atom stereocenters. The van der Waals surface area contributed by atoms with Crippen molar-refractivity contribution >= 4 is 50.0 Å². The van der Waals surface area contributed by atoms with E-state index in [9.17, 15) is 4.79 Å². The van der Waals surface area contributed by atoms with Crippen LogP contribution < -0.4 is 10.2 Å². The Morgan fingerprint density at radius 3 is 2.89 bits per heavy atom. The number of anilines is 1. The van der Waals surface area contributed by atoms with Gasteiger partial charge in [0.15, 0.2) is 5.13 Å². The second-order valence-electron chi connectivity index (χ2n) is 6.94. The van der Waals surface area contributed by atoms with E-state index in [-0.39, 0.29) is 5.91 Å². The minimum absolute atomic E-state index is 0.0307. The van der Waals surface area contributed by atoms with E-state index in [1.54, 1.807) is 28.7 Å². The van der Waals surface area contributed by atoms with E-state index in [1.807, 2.05) is 23.6 Å². The molecule has 1 N–H and O–H groups in total. The molecule has 0 atom stereocenters. The van der Waals surface area contributed by atoms with E-state index in [0.29, 0.717) is 6.54 Å². The molecule has 1 saturated heterocycles. The van der Waals surface area contributed by atoms with Crippen molar-refractivity contribution in [1.29, 1.82) is 0 Å². The maximum Gasteiger partial charge on any atom is 0.244 e. The van der Waals surface area contributed by atoms with Gasteiger partial charge in [0, 0.05) is 50.2 Å². The molecule has 1 aromatic carbocycles. The fourth-order valence-electron chi connectivity index (χ4n) is 3.26. The SMILES string of the molecule is Cc1ccc2nc(N3CCN(CCNC(=O)/C=C/c4cccs4)CC3)sc2c1. The van der Waals surface area contributed by atoms with Crippen LogP contribution in [0, 0.1) is 6.92 Å². The van der Waals surface area contributed by atoms with Gasteiger partial charge < -0.3 is 10.2 Å². The number of hydrogen-bond donors (Lipinski definition) is 1. The monoisotopic (exact) mass is 412 g/mol. The first-order valence-electron chi connectivity index (χ1n) is 9.51. The first kappa shape index (κ1) is 19.1. The molecule has 4 rings (SSSR count). The fourth-order valence-corrected chi connectivity index (χ4v) is 4.99. The van der Waals surface area contributed by atoms with Crippen LogP contribution in [0.15, 0.2) is 41.8 Å². The van der Waals surface area contributed by atoms with Crippen LogP contribution in [-0.4, -0.2) is 55.1 Å². The topological polar surface area (TPSA) is 48.5 Å². The quantitative estimate of drug-likeness (QED) is 0.628. The van der Waals surface area contributed by atoms with Crippen molar-refractivity contribution in [2.45, 2.75) is 6.92 Å². The number of carbonyl (C=O) groups excluding carboxylic acids is 1. The third kappa shape index (κ3) is 4.79. The second kappa shape index (κ2) is 8.86. The van der Waals surface area contributed by atoms with Gasteiger partial charge >= 0.3 is 0 Å². The molecule has 0 bridgehead atoms. The molecule has 3 aromatic rings. The van der Waals surface area contributed by atoms with Gasteiger partial charge in [-0.25, -0.2) is 4.98 Å². The summed E-state index contributed by atoms with van der Waals surface area (Å²) in [6.07, 6.45) is 3.47. The van der Waals surface area contributed by atoms with Crippen molar-refractivity contribution in [2.24, 2.45) is 0 Å². The first-order chi connectivity index (χ1) is 13.7. The molecule has 0 spiro atoms. The van der Waals surface area contributed by atoms with Gasteiger partial charge in [-0.05, 0) is 42.1 Å². The van der Waals surface area contributed by atoms with Gasteiger partial charge in [-0.1, -0.05) is 23.5 Å². The van der Waals surface area contributed by atoms with Gasteiger partial charge in [0.25, 0.3) is 0 Å². The molecule has 0 aliphatic carbocycles. The Morgan fingerprint density at radius 2 is 2.11 bits per heavy atom. The lowest BCUT2D eigenvalue weighted by Gasteiger charge is -2.34. The van der Waals surface area contributed by atoms with Gasteiger partial charge in [-0.3, -0.25) is 9.69 Å². The number of thiazole rings is 1. The number of piperazine rings is 1. The zero-order valence-corrected chi connectivity index (χ0v) is 17.6. The normalized spacial score (nSPS) is 15.5. The number of amides is 1. The number of fused-ring (bicyclic) bond motifs is 1. The Hall–Kier alpha value is -2.22. The summed E-state index contributed by atoms with van der Waals surface area (Å²) in [5.41, 5.74) is 2.37. The smallest absolute Gasteiger partial charge is 0.244 e. The van der Waals surface area contributed by atoms with Gasteiger partial charge in [0.1, 0.15) is 0 Å². The molecule has 1 aliphatic rings. The molecule has 0 saturated carbocycles. The van der Waals surface area contributed by atoms with Gasteiger partial charge in [-0.2, -0.15) is 0 Å². The highest BCUT2D eigenvalue weighted by Gasteiger charge is 2.19. The summed E-state index contributed by atoms with van der Waals surface area (Å²) < 4.78 is 1.26. The van der Waals surface area contributed by atoms with Crippen LogP contribution >= 0.6 is 22.7 Å². The van der Waals surface area contributed by atoms with E-state index in [0.717, 1.165) is 48.2 Å². The molecule has 2 aromatic heterocycles. The van der Waals surface area contributed by atoms with E-state index in [1.165, 1.54) is 10.3 Å². The van der Waals surface area contributed by atoms with Crippen LogP contribution in [0.3, 0.4) is 0 Å². The molecule has 5 nitrogen and oxygen atoms in total. The second-order valence-corrected chi connectivity index (χ2v) is 8.92. The Kier molecular flexibility index (Phi) is 6.04. The Bertz CT molecular complexity index is 956. The number of nitrogens with zero attached hydrogens (tertiary/aromatic N) is 3. The standard InChI is InChI=1S/C21H24N4OS2/c1-16-4-6-18-19(15-16)28-21(23-18)25-12-10-24(11-13-25)9-8-22-20(26)7-5-17-3-2-14-27-17/h2-7,14-15H,8-13H2,1H3,(H,22,26)/b7-5+. The molecule has 3 heterocycles. The maximum atomic E-state index is 11.9. The molecule has 146 valence electrons. The summed E-state index contributed by atoms with van der Waals surface area (Å²) in [5, 5.41) is 6.10. The van der Waals surface area contributed by atoms with Crippen molar-refractivity contribution in [3.05, 3.63) is 52.2 Å². The highest BCUT2D eigenvalue weighted by atomic mass is 32.1. The highest BCUT2D eigenvalue weighted by Crippen LogP contribution is 2.29. The van der Waals surface area contributed by atoms with Crippen molar-refractivity contribution in [2.75, 3.05) is 44.2 Å². The number of nitrogens with one attached hydrogen (secondary N) is 1. The molecule has 28 heavy (non-hydrogen) atoms. The van der Waals surface area contributed by atoms with Crippen LogP contribution in [0.5, 0.6) is 0 Å². The largest absolute Gasteiger partial charge is 0.351 e. The van der Waals surface area contributed by atoms with Crippen molar-refractivity contribution < 1.29 is 4.79 Å². The van der Waals surface area contributed by atoms with Crippen LogP contribution in [0.1, 0.15) is 10.4 Å². The Balaban J connectivity index is 1.21. The summed E-state index contributed by atoms with van der Waals surface area (Å²) >= 11 is 3.41. The Morgan fingerprint density at radius 1 is 1.25 bits per heavy atom. The van der Waals surface area contributed by atoms with Gasteiger partial charge in [0.05, 0.1) is 10.2 Å². The van der Waals surface area contributed by atoms with Crippen molar-refractivity contribution in [3.63, 3.8) is 0 Å². The number of thiophene rings is 1. The summed E-state index contributed by atoms with van der Waals surface area (Å²) in [6, 6.07) is 10.4. The predicted molar refractivity (Wildman–Crippen MR) is 119 cm³/mol. The van der Waals surface area contributed by atoms with E-state index < -0.39 is 0 Å². The summed E-state index contributed by atoms with van der Waals surface area (Å²) in [7, 11) is 0. The van der Waals surface area contributed by atoms with Crippen LogP contribution in [0.25, 0.3) is 16.3 Å². The van der Waals surface area contributed by atoms with Crippen molar-refractivity contribution in [1.82, 2.24) is 15.2 Å². The average Bonchev–Trinajstić information content (AvgIpc) is 3.36. The van der Waals surface area contributed by atoms with Gasteiger partial charge in [-0.15, -0.1) is 11.3 Å². The maximum absolute atomic E-state index is 11.9. The minimum atomic E-state index is -0.0307. The summed E-state index contributed by atoms with van der Waals surface area (Å²) in [5.74, 6) is -0.0307. The number of carbonyl (C=O) groups is 1. The van der Waals surface area contributed by atoms with Crippen LogP contribution in [0.4, 0.5) is 5.13 Å². The summed E-state index contributed by atoms with van der Waals surface area (Å²) in [6.45, 7) is 7.62. The molecule has 1 amide bonds. The highest BCUT2D eigenvalue weighted by molar-refractivity contribution is 7.22. The Labute approximate surface area is 173 Å². The molecule has 1 fully saturated rings. The number of benzene rings is 1. The number of aromatic nitrogens is 1. The first-order valence-corrected chi connectivity index (χ1v) is 11.2. The van der Waals surface area contributed by atoms with E-state index in [4.69, 9.17) is 4.98 Å². The predicted octanol–water partition coefficient (Wildman–Crippen LogP) is 3.62. The number of rotatable bonds is 6.